The Morgan fingerprint density at radius 2 is 2.09 bits per heavy atom. The van der Waals surface area contributed by atoms with E-state index in [0.717, 1.165) is 29.5 Å². The van der Waals surface area contributed by atoms with Gasteiger partial charge < -0.3 is 10.1 Å². The Labute approximate surface area is 138 Å². The number of hydrogen-bond acceptors (Lipinski definition) is 2. The second-order valence-corrected chi connectivity index (χ2v) is 6.32. The minimum absolute atomic E-state index is 0.0509. The van der Waals surface area contributed by atoms with Gasteiger partial charge in [0.05, 0.1) is 17.6 Å². The Hall–Kier alpha value is -1.81. The molecule has 0 spiro atoms. The van der Waals surface area contributed by atoms with Gasteiger partial charge in [0.2, 0.25) is 0 Å². The Bertz CT molecular complexity index is 699. The highest BCUT2D eigenvalue weighted by Crippen LogP contribution is 2.30. The summed E-state index contributed by atoms with van der Waals surface area (Å²) >= 11 is 3.42. The molecule has 0 aromatic heterocycles. The molecule has 0 saturated heterocycles. The molecular formula is C18H18BrNO2. The van der Waals surface area contributed by atoms with Gasteiger partial charge in [0, 0.05) is 5.56 Å². The first-order valence-electron chi connectivity index (χ1n) is 7.41. The molecule has 0 bridgehead atoms. The number of rotatable bonds is 3. The average molecular weight is 360 g/mol. The van der Waals surface area contributed by atoms with E-state index in [9.17, 15) is 4.79 Å². The Kier molecular flexibility index (Phi) is 4.48. The molecule has 0 fully saturated rings. The number of nitrogens with one attached hydrogen (secondary N) is 1. The molecule has 2 aromatic rings. The molecule has 0 radical (unpaired) electrons. The van der Waals surface area contributed by atoms with E-state index in [4.69, 9.17) is 4.74 Å². The predicted octanol–water partition coefficient (Wildman–Crippen LogP) is 4.27. The molecule has 0 unspecified atom stereocenters. The van der Waals surface area contributed by atoms with Crippen molar-refractivity contribution in [2.45, 2.75) is 25.3 Å². The number of benzene rings is 2. The molecule has 4 heteroatoms. The van der Waals surface area contributed by atoms with Crippen molar-refractivity contribution in [2.24, 2.45) is 0 Å². The summed E-state index contributed by atoms with van der Waals surface area (Å²) in [4.78, 5) is 12.5. The summed E-state index contributed by atoms with van der Waals surface area (Å²) in [5, 5.41) is 3.16. The van der Waals surface area contributed by atoms with Crippen LogP contribution in [0.25, 0.3) is 0 Å². The molecule has 1 atom stereocenters. The predicted molar refractivity (Wildman–Crippen MR) is 90.3 cm³/mol. The van der Waals surface area contributed by atoms with Gasteiger partial charge in [-0.3, -0.25) is 4.79 Å². The van der Waals surface area contributed by atoms with Crippen LogP contribution in [0.4, 0.5) is 0 Å². The Morgan fingerprint density at radius 1 is 1.27 bits per heavy atom. The molecule has 1 N–H and O–H groups in total. The number of aryl methyl sites for hydroxylation is 1. The van der Waals surface area contributed by atoms with Crippen LogP contribution in [0, 0.1) is 0 Å². The number of halogens is 1. The minimum Gasteiger partial charge on any atom is -0.496 e. The largest absolute Gasteiger partial charge is 0.496 e. The second kappa shape index (κ2) is 6.53. The number of amides is 1. The molecule has 1 aliphatic rings. The van der Waals surface area contributed by atoms with Crippen molar-refractivity contribution in [3.63, 3.8) is 0 Å². The highest BCUT2D eigenvalue weighted by Gasteiger charge is 2.22. The summed E-state index contributed by atoms with van der Waals surface area (Å²) < 4.78 is 5.98. The van der Waals surface area contributed by atoms with Crippen LogP contribution in [-0.4, -0.2) is 13.0 Å². The standard InChI is InChI=1S/C18H18BrNO2/c1-22-17-10-9-13(11-15(17)19)18(21)20-16-8-4-6-12-5-2-3-7-14(12)16/h2-3,5,7,9-11,16H,4,6,8H2,1H3,(H,20,21)/t16-/m1/s1. The van der Waals surface area contributed by atoms with E-state index in [0.29, 0.717) is 5.56 Å². The third-order valence-electron chi connectivity index (χ3n) is 4.09. The highest BCUT2D eigenvalue weighted by molar-refractivity contribution is 9.10. The first-order valence-corrected chi connectivity index (χ1v) is 8.20. The van der Waals surface area contributed by atoms with Gasteiger partial charge in [-0.05, 0) is 64.5 Å². The molecule has 1 aliphatic carbocycles. The minimum atomic E-state index is -0.0509. The fourth-order valence-electron chi connectivity index (χ4n) is 2.95. The molecule has 0 heterocycles. The van der Waals surface area contributed by atoms with E-state index in [1.54, 1.807) is 25.3 Å². The fraction of sp³-hybridized carbons (Fsp3) is 0.278. The van der Waals surface area contributed by atoms with Crippen LogP contribution in [-0.2, 0) is 6.42 Å². The van der Waals surface area contributed by atoms with Crippen LogP contribution in [0.5, 0.6) is 5.75 Å². The molecular weight excluding hydrogens is 342 g/mol. The molecule has 0 aliphatic heterocycles. The van der Waals surface area contributed by atoms with Crippen LogP contribution < -0.4 is 10.1 Å². The average Bonchev–Trinajstić information content (AvgIpc) is 2.55. The van der Waals surface area contributed by atoms with Crippen molar-refractivity contribution in [3.8, 4) is 5.75 Å². The van der Waals surface area contributed by atoms with Gasteiger partial charge in [0.25, 0.3) is 5.91 Å². The zero-order valence-electron chi connectivity index (χ0n) is 12.4. The zero-order chi connectivity index (χ0) is 15.5. The van der Waals surface area contributed by atoms with Gasteiger partial charge in [0.1, 0.15) is 5.75 Å². The summed E-state index contributed by atoms with van der Waals surface area (Å²) in [5.41, 5.74) is 3.22. The maximum atomic E-state index is 12.5. The maximum absolute atomic E-state index is 12.5. The maximum Gasteiger partial charge on any atom is 0.251 e. The van der Waals surface area contributed by atoms with Crippen molar-refractivity contribution in [1.29, 1.82) is 0 Å². The summed E-state index contributed by atoms with van der Waals surface area (Å²) in [6.45, 7) is 0. The van der Waals surface area contributed by atoms with Gasteiger partial charge in [-0.2, -0.15) is 0 Å². The van der Waals surface area contributed by atoms with E-state index in [2.05, 4.69) is 39.4 Å². The second-order valence-electron chi connectivity index (χ2n) is 5.47. The van der Waals surface area contributed by atoms with E-state index in [1.807, 2.05) is 6.07 Å². The van der Waals surface area contributed by atoms with Gasteiger partial charge in [-0.1, -0.05) is 24.3 Å². The van der Waals surface area contributed by atoms with Gasteiger partial charge in [0.15, 0.2) is 0 Å². The van der Waals surface area contributed by atoms with E-state index in [1.165, 1.54) is 11.1 Å². The normalized spacial score (nSPS) is 16.7. The van der Waals surface area contributed by atoms with E-state index >= 15 is 0 Å². The topological polar surface area (TPSA) is 38.3 Å². The number of carbonyl (C=O) groups is 1. The van der Waals surface area contributed by atoms with Crippen molar-refractivity contribution >= 4 is 21.8 Å². The number of fused-ring (bicyclic) bond motifs is 1. The molecule has 114 valence electrons. The lowest BCUT2D eigenvalue weighted by molar-refractivity contribution is 0.0932. The van der Waals surface area contributed by atoms with Crippen LogP contribution in [0.3, 0.4) is 0 Å². The van der Waals surface area contributed by atoms with Crippen molar-refractivity contribution in [3.05, 3.63) is 63.6 Å². The number of methoxy groups -OCH3 is 1. The van der Waals surface area contributed by atoms with E-state index in [-0.39, 0.29) is 11.9 Å². The number of hydrogen-bond donors (Lipinski definition) is 1. The number of carbonyl (C=O) groups excluding carboxylic acids is 1. The Balaban J connectivity index is 1.79. The Morgan fingerprint density at radius 3 is 2.86 bits per heavy atom. The molecule has 3 rings (SSSR count). The fourth-order valence-corrected chi connectivity index (χ4v) is 3.49. The first kappa shape index (κ1) is 15.1. The van der Waals surface area contributed by atoms with Crippen LogP contribution in [0.1, 0.15) is 40.4 Å². The molecule has 2 aromatic carbocycles. The van der Waals surface area contributed by atoms with Crippen molar-refractivity contribution < 1.29 is 9.53 Å². The quantitative estimate of drug-likeness (QED) is 0.888. The first-order chi connectivity index (χ1) is 10.7. The third-order valence-corrected chi connectivity index (χ3v) is 4.71. The molecule has 1 amide bonds. The van der Waals surface area contributed by atoms with Crippen LogP contribution in [0.15, 0.2) is 46.9 Å². The SMILES string of the molecule is COc1ccc(C(=O)N[C@@H]2CCCc3ccccc32)cc1Br. The van der Waals surface area contributed by atoms with Gasteiger partial charge >= 0.3 is 0 Å². The van der Waals surface area contributed by atoms with Crippen molar-refractivity contribution in [2.75, 3.05) is 7.11 Å². The van der Waals surface area contributed by atoms with Crippen LogP contribution in [0.2, 0.25) is 0 Å². The summed E-state index contributed by atoms with van der Waals surface area (Å²) in [6.07, 6.45) is 3.19. The van der Waals surface area contributed by atoms with Crippen molar-refractivity contribution in [1.82, 2.24) is 5.32 Å². The summed E-state index contributed by atoms with van der Waals surface area (Å²) in [5.74, 6) is 0.671. The lowest BCUT2D eigenvalue weighted by Crippen LogP contribution is -2.30. The van der Waals surface area contributed by atoms with Gasteiger partial charge in [-0.25, -0.2) is 0 Å². The third kappa shape index (κ3) is 3.02. The van der Waals surface area contributed by atoms with Crippen LogP contribution >= 0.6 is 15.9 Å². The van der Waals surface area contributed by atoms with E-state index < -0.39 is 0 Å². The molecule has 0 saturated carbocycles. The summed E-state index contributed by atoms with van der Waals surface area (Å²) in [6, 6.07) is 13.8. The molecule has 22 heavy (non-hydrogen) atoms. The lowest BCUT2D eigenvalue weighted by Gasteiger charge is -2.26. The molecule has 3 nitrogen and oxygen atoms in total. The monoisotopic (exact) mass is 359 g/mol. The number of ether oxygens (including phenoxy) is 1. The summed E-state index contributed by atoms with van der Waals surface area (Å²) in [7, 11) is 1.61. The highest BCUT2D eigenvalue weighted by atomic mass is 79.9. The zero-order valence-corrected chi connectivity index (χ0v) is 14.0. The smallest absolute Gasteiger partial charge is 0.251 e. The lowest BCUT2D eigenvalue weighted by atomic mass is 9.87. The van der Waals surface area contributed by atoms with Gasteiger partial charge in [-0.15, -0.1) is 0 Å².